The van der Waals surface area contributed by atoms with E-state index >= 15 is 0 Å². The van der Waals surface area contributed by atoms with E-state index in [4.69, 9.17) is 0 Å². The number of benzene rings is 1. The Morgan fingerprint density at radius 3 is 2.77 bits per heavy atom. The molecule has 0 aliphatic rings. The zero-order valence-corrected chi connectivity index (χ0v) is 16.8. The molecule has 0 radical (unpaired) electrons. The predicted octanol–water partition coefficient (Wildman–Crippen LogP) is 4.40. The van der Waals surface area contributed by atoms with E-state index in [9.17, 15) is 22.4 Å². The Morgan fingerprint density at radius 2 is 2.07 bits per heavy atom. The number of aryl methyl sites for hydroxylation is 1. The van der Waals surface area contributed by atoms with Gasteiger partial charge in [0.25, 0.3) is 5.56 Å². The van der Waals surface area contributed by atoms with Crippen molar-refractivity contribution in [3.8, 4) is 16.3 Å². The summed E-state index contributed by atoms with van der Waals surface area (Å²) in [4.78, 5) is 21.3. The van der Waals surface area contributed by atoms with Crippen LogP contribution in [-0.4, -0.2) is 36.9 Å². The summed E-state index contributed by atoms with van der Waals surface area (Å²) in [6, 6.07) is 5.72. The van der Waals surface area contributed by atoms with Crippen molar-refractivity contribution in [2.45, 2.75) is 18.0 Å². The molecule has 0 amide bonds. The van der Waals surface area contributed by atoms with Crippen LogP contribution in [0.2, 0.25) is 0 Å². The van der Waals surface area contributed by atoms with Crippen LogP contribution in [0.1, 0.15) is 5.56 Å². The van der Waals surface area contributed by atoms with Crippen LogP contribution in [0.15, 0.2) is 46.3 Å². The summed E-state index contributed by atoms with van der Waals surface area (Å²) in [5, 5.41) is 8.11. The Bertz CT molecular complexity index is 1290. The molecule has 3 aromatic heterocycles. The second-order valence-corrected chi connectivity index (χ2v) is 8.21. The number of rotatable bonds is 4. The minimum atomic E-state index is -4.38. The number of nitrogens with zero attached hydrogens (tertiary/aromatic N) is 5. The third-order valence-electron chi connectivity index (χ3n) is 4.00. The molecule has 0 saturated carbocycles. The third-order valence-corrected chi connectivity index (χ3v) is 6.30. The summed E-state index contributed by atoms with van der Waals surface area (Å²) in [5.41, 5.74) is 0.158. The Hall–Kier alpha value is -2.86. The maximum Gasteiger partial charge on any atom is 0.398 e. The normalized spacial score (nSPS) is 11.9. The van der Waals surface area contributed by atoms with Crippen molar-refractivity contribution < 1.29 is 17.6 Å². The number of halogens is 4. The van der Waals surface area contributed by atoms with Crippen LogP contribution < -0.4 is 5.56 Å². The zero-order valence-electron chi connectivity index (χ0n) is 15.1. The first kappa shape index (κ1) is 20.4. The standard InChI is InChI=1S/C18H11F4N5OS2/c1-9-5-11(19)12(6-13(9)29-8-18(20,21)22)27-17(28)14-15(25-26-27)24-16(30-14)10-3-2-4-23-7-10/h2-7H,8H2,1H3. The van der Waals surface area contributed by atoms with Crippen molar-refractivity contribution >= 4 is 33.4 Å². The molecule has 6 nitrogen and oxygen atoms in total. The number of pyridine rings is 1. The summed E-state index contributed by atoms with van der Waals surface area (Å²) in [7, 11) is 0. The molecule has 0 fully saturated rings. The molecule has 0 spiro atoms. The van der Waals surface area contributed by atoms with Gasteiger partial charge < -0.3 is 0 Å². The van der Waals surface area contributed by atoms with Crippen molar-refractivity contribution in [1.29, 1.82) is 0 Å². The highest BCUT2D eigenvalue weighted by Crippen LogP contribution is 2.32. The van der Waals surface area contributed by atoms with Gasteiger partial charge in [0, 0.05) is 22.9 Å². The summed E-state index contributed by atoms with van der Waals surface area (Å²) in [6.45, 7) is 1.49. The fourth-order valence-corrected chi connectivity index (χ4v) is 4.35. The Labute approximate surface area is 174 Å². The average Bonchev–Trinajstić information content (AvgIpc) is 3.13. The largest absolute Gasteiger partial charge is 0.398 e. The number of aromatic nitrogens is 5. The zero-order chi connectivity index (χ0) is 21.5. The molecule has 0 bridgehead atoms. The van der Waals surface area contributed by atoms with Gasteiger partial charge in [0.05, 0.1) is 5.75 Å². The molecule has 0 aliphatic heterocycles. The molecule has 4 rings (SSSR count). The van der Waals surface area contributed by atoms with Gasteiger partial charge in [0.15, 0.2) is 0 Å². The van der Waals surface area contributed by atoms with E-state index in [2.05, 4.69) is 20.3 Å². The maximum atomic E-state index is 14.6. The van der Waals surface area contributed by atoms with Gasteiger partial charge in [-0.3, -0.25) is 9.78 Å². The first-order valence-corrected chi connectivity index (χ1v) is 10.2. The lowest BCUT2D eigenvalue weighted by Gasteiger charge is -2.11. The minimum absolute atomic E-state index is 0.0966. The second kappa shape index (κ2) is 7.76. The van der Waals surface area contributed by atoms with E-state index in [0.29, 0.717) is 27.9 Å². The fourth-order valence-electron chi connectivity index (χ4n) is 2.63. The van der Waals surface area contributed by atoms with E-state index in [1.54, 1.807) is 24.5 Å². The molecule has 154 valence electrons. The maximum absolute atomic E-state index is 14.6. The molecule has 3 heterocycles. The summed E-state index contributed by atoms with van der Waals surface area (Å²) in [5.74, 6) is -1.93. The monoisotopic (exact) mass is 453 g/mol. The lowest BCUT2D eigenvalue weighted by molar-refractivity contribution is -0.105. The lowest BCUT2D eigenvalue weighted by atomic mass is 10.2. The fraction of sp³-hybridized carbons (Fsp3) is 0.167. The Kier molecular flexibility index (Phi) is 5.28. The van der Waals surface area contributed by atoms with Crippen LogP contribution in [-0.2, 0) is 0 Å². The van der Waals surface area contributed by atoms with Crippen LogP contribution >= 0.6 is 23.1 Å². The smallest absolute Gasteiger partial charge is 0.266 e. The number of hydrogen-bond acceptors (Lipinski definition) is 7. The molecular weight excluding hydrogens is 442 g/mol. The summed E-state index contributed by atoms with van der Waals surface area (Å²) >= 11 is 1.56. The van der Waals surface area contributed by atoms with Crippen LogP contribution in [0, 0.1) is 12.7 Å². The number of thioether (sulfide) groups is 1. The molecule has 4 aromatic rings. The lowest BCUT2D eigenvalue weighted by Crippen LogP contribution is -2.23. The van der Waals surface area contributed by atoms with Crippen molar-refractivity contribution in [3.05, 3.63) is 58.4 Å². The van der Waals surface area contributed by atoms with Crippen LogP contribution in [0.3, 0.4) is 0 Å². The van der Waals surface area contributed by atoms with Crippen LogP contribution in [0.5, 0.6) is 0 Å². The van der Waals surface area contributed by atoms with Gasteiger partial charge in [-0.1, -0.05) is 5.21 Å². The van der Waals surface area contributed by atoms with Gasteiger partial charge in [-0.15, -0.1) is 28.2 Å². The predicted molar refractivity (Wildman–Crippen MR) is 106 cm³/mol. The van der Waals surface area contributed by atoms with Crippen LogP contribution in [0.4, 0.5) is 17.6 Å². The van der Waals surface area contributed by atoms with Gasteiger partial charge in [-0.05, 0) is 36.8 Å². The van der Waals surface area contributed by atoms with E-state index < -0.39 is 23.3 Å². The number of hydrogen-bond donors (Lipinski definition) is 0. The molecule has 0 unspecified atom stereocenters. The van der Waals surface area contributed by atoms with Crippen molar-refractivity contribution in [2.24, 2.45) is 0 Å². The van der Waals surface area contributed by atoms with Crippen molar-refractivity contribution in [1.82, 2.24) is 25.0 Å². The van der Waals surface area contributed by atoms with Crippen LogP contribution in [0.25, 0.3) is 26.6 Å². The second-order valence-electron chi connectivity index (χ2n) is 6.19. The highest BCUT2D eigenvalue weighted by atomic mass is 32.2. The van der Waals surface area contributed by atoms with Crippen molar-refractivity contribution in [3.63, 3.8) is 0 Å². The summed E-state index contributed by atoms with van der Waals surface area (Å²) in [6.07, 6.45) is -1.21. The number of alkyl halides is 3. The molecule has 0 N–H and O–H groups in total. The topological polar surface area (TPSA) is 73.6 Å². The SMILES string of the molecule is Cc1cc(F)c(-n2nnc3nc(-c4cccnc4)sc3c2=O)cc1SCC(F)(F)F. The molecule has 30 heavy (non-hydrogen) atoms. The number of thiazole rings is 1. The highest BCUT2D eigenvalue weighted by molar-refractivity contribution is 7.99. The first-order valence-electron chi connectivity index (χ1n) is 8.40. The molecule has 12 heteroatoms. The molecule has 1 aromatic carbocycles. The van der Waals surface area contributed by atoms with E-state index in [1.807, 2.05) is 0 Å². The Balaban J connectivity index is 1.79. The van der Waals surface area contributed by atoms with Gasteiger partial charge in [-0.2, -0.15) is 17.9 Å². The van der Waals surface area contributed by atoms with Gasteiger partial charge in [-0.25, -0.2) is 9.37 Å². The van der Waals surface area contributed by atoms with Gasteiger partial charge in [0.1, 0.15) is 21.2 Å². The molecule has 0 saturated heterocycles. The van der Waals surface area contributed by atoms with E-state index in [0.717, 1.165) is 22.1 Å². The summed E-state index contributed by atoms with van der Waals surface area (Å²) < 4.78 is 53.2. The van der Waals surface area contributed by atoms with Gasteiger partial charge >= 0.3 is 6.18 Å². The minimum Gasteiger partial charge on any atom is -0.266 e. The highest BCUT2D eigenvalue weighted by Gasteiger charge is 2.28. The average molecular weight is 453 g/mol. The van der Waals surface area contributed by atoms with Crippen molar-refractivity contribution in [2.75, 3.05) is 5.75 Å². The quantitative estimate of drug-likeness (QED) is 0.337. The third kappa shape index (κ3) is 4.05. The van der Waals surface area contributed by atoms with Gasteiger partial charge in [0.2, 0.25) is 5.65 Å². The molecule has 0 aliphatic carbocycles. The first-order chi connectivity index (χ1) is 14.2. The number of fused-ring (bicyclic) bond motifs is 1. The Morgan fingerprint density at radius 1 is 1.27 bits per heavy atom. The molecular formula is C18H11F4N5OS2. The van der Waals surface area contributed by atoms with E-state index in [1.165, 1.54) is 13.0 Å². The van der Waals surface area contributed by atoms with E-state index in [-0.39, 0.29) is 20.9 Å². The molecule has 0 atom stereocenters.